The van der Waals surface area contributed by atoms with Crippen LogP contribution in [-0.4, -0.2) is 4.83 Å². The molecule has 0 aromatic heterocycles. The smallest absolute Gasteiger partial charge is 0.0352 e. The van der Waals surface area contributed by atoms with Crippen LogP contribution in [0.25, 0.3) is 0 Å². The van der Waals surface area contributed by atoms with Crippen LogP contribution in [0, 0.1) is 0 Å². The third kappa shape index (κ3) is 7.61. The number of rotatable bonds is 9. The van der Waals surface area contributed by atoms with Crippen molar-refractivity contribution >= 4 is 15.9 Å². The van der Waals surface area contributed by atoms with E-state index in [0.29, 0.717) is 4.83 Å². The zero-order valence-electron chi connectivity index (χ0n) is 9.82. The third-order valence-corrected chi connectivity index (χ3v) is 3.71. The number of unbranched alkanes of at least 4 members (excludes halogenated alkanes) is 4. The molecule has 0 aromatic rings. The predicted molar refractivity (Wildman–Crippen MR) is 70.1 cm³/mol. The van der Waals surface area contributed by atoms with Crippen LogP contribution in [-0.2, 0) is 0 Å². The second kappa shape index (κ2) is 9.76. The molecule has 0 fully saturated rings. The van der Waals surface area contributed by atoms with Crippen molar-refractivity contribution in [1.82, 2.24) is 0 Å². The van der Waals surface area contributed by atoms with E-state index in [1.165, 1.54) is 56.9 Å². The van der Waals surface area contributed by atoms with Crippen molar-refractivity contribution in [2.24, 2.45) is 0 Å². The first-order valence-electron chi connectivity index (χ1n) is 6.04. The van der Waals surface area contributed by atoms with E-state index >= 15 is 0 Å². The van der Waals surface area contributed by atoms with Crippen molar-refractivity contribution in [3.8, 4) is 0 Å². The van der Waals surface area contributed by atoms with Gasteiger partial charge in [0.05, 0.1) is 0 Å². The molecule has 0 aliphatic heterocycles. The fourth-order valence-electron chi connectivity index (χ4n) is 1.54. The van der Waals surface area contributed by atoms with Gasteiger partial charge in [-0.3, -0.25) is 0 Å². The maximum atomic E-state index is 4.16. The fourth-order valence-corrected chi connectivity index (χ4v) is 2.09. The summed E-state index contributed by atoms with van der Waals surface area (Å²) in [6, 6.07) is 0. The molecule has 84 valence electrons. The van der Waals surface area contributed by atoms with Gasteiger partial charge in [0, 0.05) is 4.83 Å². The molecule has 1 heteroatoms. The molecule has 0 amide bonds. The Bertz CT molecular complexity index is 140. The lowest BCUT2D eigenvalue weighted by Crippen LogP contribution is -2.01. The molecule has 14 heavy (non-hydrogen) atoms. The molecule has 0 aliphatic rings. The summed E-state index contributed by atoms with van der Waals surface area (Å²) in [5.41, 5.74) is 1.40. The summed E-state index contributed by atoms with van der Waals surface area (Å²) in [5.74, 6) is 0. The SMILES string of the molecule is C=C(CCCCC)C(Br)CCCCC. The second-order valence-corrected chi connectivity index (χ2v) is 5.18. The molecule has 0 saturated heterocycles. The molecule has 0 N–H and O–H groups in total. The van der Waals surface area contributed by atoms with Gasteiger partial charge in [-0.25, -0.2) is 0 Å². The fraction of sp³-hybridized carbons (Fsp3) is 0.846. The minimum absolute atomic E-state index is 0.561. The molecule has 1 unspecified atom stereocenters. The van der Waals surface area contributed by atoms with Crippen LogP contribution in [0.15, 0.2) is 12.2 Å². The maximum Gasteiger partial charge on any atom is 0.0352 e. The number of alkyl halides is 1. The zero-order chi connectivity index (χ0) is 10.8. The molecule has 0 radical (unpaired) electrons. The summed E-state index contributed by atoms with van der Waals surface area (Å²) < 4.78 is 0. The highest BCUT2D eigenvalue weighted by molar-refractivity contribution is 9.09. The van der Waals surface area contributed by atoms with Gasteiger partial charge in [-0.1, -0.05) is 74.0 Å². The lowest BCUT2D eigenvalue weighted by molar-refractivity contribution is 0.649. The molecule has 0 heterocycles. The largest absolute Gasteiger partial charge is 0.0987 e. The summed E-state index contributed by atoms with van der Waals surface area (Å²) in [6.45, 7) is 8.65. The molecular weight excluding hydrogens is 236 g/mol. The molecular formula is C13H25Br. The van der Waals surface area contributed by atoms with Crippen molar-refractivity contribution in [3.05, 3.63) is 12.2 Å². The van der Waals surface area contributed by atoms with Crippen molar-refractivity contribution in [3.63, 3.8) is 0 Å². The van der Waals surface area contributed by atoms with Crippen LogP contribution in [0.1, 0.15) is 65.2 Å². The summed E-state index contributed by atoms with van der Waals surface area (Å²) in [7, 11) is 0. The second-order valence-electron chi connectivity index (χ2n) is 4.08. The van der Waals surface area contributed by atoms with Gasteiger partial charge < -0.3 is 0 Å². The lowest BCUT2D eigenvalue weighted by atomic mass is 10.0. The lowest BCUT2D eigenvalue weighted by Gasteiger charge is -2.12. The molecule has 0 bridgehead atoms. The van der Waals surface area contributed by atoms with E-state index < -0.39 is 0 Å². The van der Waals surface area contributed by atoms with Gasteiger partial charge in [-0.2, -0.15) is 0 Å². The Morgan fingerprint density at radius 1 is 1.07 bits per heavy atom. The van der Waals surface area contributed by atoms with Crippen molar-refractivity contribution in [2.75, 3.05) is 0 Å². The monoisotopic (exact) mass is 260 g/mol. The Hall–Kier alpha value is 0.220. The van der Waals surface area contributed by atoms with Crippen LogP contribution in [0.2, 0.25) is 0 Å². The van der Waals surface area contributed by atoms with Gasteiger partial charge in [0.2, 0.25) is 0 Å². The number of allylic oxidation sites excluding steroid dienone is 1. The molecule has 0 aromatic carbocycles. The van der Waals surface area contributed by atoms with Crippen LogP contribution in [0.4, 0.5) is 0 Å². The van der Waals surface area contributed by atoms with E-state index in [4.69, 9.17) is 0 Å². The quantitative estimate of drug-likeness (QED) is 0.293. The first-order valence-corrected chi connectivity index (χ1v) is 6.95. The Kier molecular flexibility index (Phi) is 9.92. The normalized spacial score (nSPS) is 12.8. The Balaban J connectivity index is 3.44. The highest BCUT2D eigenvalue weighted by Crippen LogP contribution is 2.22. The van der Waals surface area contributed by atoms with Crippen molar-refractivity contribution < 1.29 is 0 Å². The number of hydrogen-bond acceptors (Lipinski definition) is 0. The average Bonchev–Trinajstić information content (AvgIpc) is 2.18. The van der Waals surface area contributed by atoms with Crippen LogP contribution < -0.4 is 0 Å². The van der Waals surface area contributed by atoms with Crippen molar-refractivity contribution in [2.45, 2.75) is 70.0 Å². The van der Waals surface area contributed by atoms with Gasteiger partial charge in [-0.05, 0) is 19.3 Å². The molecule has 0 nitrogen and oxygen atoms in total. The van der Waals surface area contributed by atoms with Gasteiger partial charge in [-0.15, -0.1) is 0 Å². The Morgan fingerprint density at radius 2 is 1.64 bits per heavy atom. The topological polar surface area (TPSA) is 0 Å². The Labute approximate surface area is 98.3 Å². The highest BCUT2D eigenvalue weighted by atomic mass is 79.9. The van der Waals surface area contributed by atoms with Gasteiger partial charge in [0.15, 0.2) is 0 Å². The summed E-state index contributed by atoms with van der Waals surface area (Å²) in [4.78, 5) is 0.561. The van der Waals surface area contributed by atoms with Gasteiger partial charge >= 0.3 is 0 Å². The third-order valence-electron chi connectivity index (χ3n) is 2.61. The number of hydrogen-bond donors (Lipinski definition) is 0. The Morgan fingerprint density at radius 3 is 2.21 bits per heavy atom. The van der Waals surface area contributed by atoms with Crippen LogP contribution in [0.3, 0.4) is 0 Å². The van der Waals surface area contributed by atoms with E-state index in [1.807, 2.05) is 0 Å². The van der Waals surface area contributed by atoms with E-state index in [2.05, 4.69) is 36.4 Å². The number of halogens is 1. The summed E-state index contributed by atoms with van der Waals surface area (Å²) in [5, 5.41) is 0. The minimum atomic E-state index is 0.561. The molecule has 0 saturated carbocycles. The van der Waals surface area contributed by atoms with Crippen LogP contribution in [0.5, 0.6) is 0 Å². The average molecular weight is 261 g/mol. The molecule has 0 rings (SSSR count). The van der Waals surface area contributed by atoms with Crippen LogP contribution >= 0.6 is 15.9 Å². The standard InChI is InChI=1S/C13H25Br/c1-4-6-8-10-12(3)13(14)11-9-7-5-2/h13H,3-11H2,1-2H3. The summed E-state index contributed by atoms with van der Waals surface area (Å²) >= 11 is 3.73. The summed E-state index contributed by atoms with van der Waals surface area (Å²) in [6.07, 6.45) is 10.4. The van der Waals surface area contributed by atoms with E-state index in [1.54, 1.807) is 0 Å². The zero-order valence-corrected chi connectivity index (χ0v) is 11.4. The predicted octanol–water partition coefficient (Wildman–Crippen LogP) is 5.47. The first-order chi connectivity index (χ1) is 6.72. The highest BCUT2D eigenvalue weighted by Gasteiger charge is 2.07. The van der Waals surface area contributed by atoms with Crippen molar-refractivity contribution in [1.29, 1.82) is 0 Å². The molecule has 0 spiro atoms. The van der Waals surface area contributed by atoms with Gasteiger partial charge in [0.1, 0.15) is 0 Å². The maximum absolute atomic E-state index is 4.16. The molecule has 0 aliphatic carbocycles. The van der Waals surface area contributed by atoms with E-state index in [0.717, 1.165) is 0 Å². The van der Waals surface area contributed by atoms with E-state index in [-0.39, 0.29) is 0 Å². The van der Waals surface area contributed by atoms with E-state index in [9.17, 15) is 0 Å². The van der Waals surface area contributed by atoms with Gasteiger partial charge in [0.25, 0.3) is 0 Å². The molecule has 1 atom stereocenters. The minimum Gasteiger partial charge on any atom is -0.0987 e. The first kappa shape index (κ1) is 14.2.